The highest BCUT2D eigenvalue weighted by Gasteiger charge is 2.24. The Morgan fingerprint density at radius 3 is 2.38 bits per heavy atom. The van der Waals surface area contributed by atoms with Gasteiger partial charge in [-0.15, -0.1) is 0 Å². The highest BCUT2D eigenvalue weighted by Crippen LogP contribution is 2.31. The molecule has 1 unspecified atom stereocenters. The minimum absolute atomic E-state index is 0.185. The Balaban J connectivity index is 1.66. The van der Waals surface area contributed by atoms with Crippen LogP contribution in [0, 0.1) is 0 Å². The number of hydrogen-bond donors (Lipinski definition) is 1. The van der Waals surface area contributed by atoms with Crippen molar-refractivity contribution in [1.82, 2.24) is 15.2 Å². The van der Waals surface area contributed by atoms with Crippen molar-refractivity contribution in [3.63, 3.8) is 0 Å². The van der Waals surface area contributed by atoms with Gasteiger partial charge >= 0.3 is 0 Å². The minimum Gasteiger partial charge on any atom is -0.457 e. The average molecular weight is 345 g/mol. The third-order valence-corrected chi connectivity index (χ3v) is 4.67. The maximum atomic E-state index is 6.05. The molecule has 4 heteroatoms. The quantitative estimate of drug-likeness (QED) is 0.762. The molecule has 2 aromatic carbocycles. The SMILES string of the molecule is c1ccc(Oc2cccc(C(c3cccnc3)N3CCNCC3)c2)cc1. The third kappa shape index (κ3) is 3.93. The maximum Gasteiger partial charge on any atom is 0.127 e. The van der Waals surface area contributed by atoms with Gasteiger partial charge in [0, 0.05) is 38.6 Å². The van der Waals surface area contributed by atoms with Gasteiger partial charge in [0.05, 0.1) is 6.04 Å². The van der Waals surface area contributed by atoms with Crippen LogP contribution in [0.2, 0.25) is 0 Å². The summed E-state index contributed by atoms with van der Waals surface area (Å²) in [5.74, 6) is 1.71. The number of nitrogens with zero attached hydrogens (tertiary/aromatic N) is 2. The van der Waals surface area contributed by atoms with E-state index < -0.39 is 0 Å². The summed E-state index contributed by atoms with van der Waals surface area (Å²) in [5, 5.41) is 3.43. The first-order valence-corrected chi connectivity index (χ1v) is 9.08. The van der Waals surface area contributed by atoms with Gasteiger partial charge in [0.1, 0.15) is 11.5 Å². The number of rotatable bonds is 5. The smallest absolute Gasteiger partial charge is 0.127 e. The van der Waals surface area contributed by atoms with E-state index in [4.69, 9.17) is 4.74 Å². The lowest BCUT2D eigenvalue weighted by Crippen LogP contribution is -2.45. The zero-order chi connectivity index (χ0) is 17.6. The Morgan fingerprint density at radius 1 is 0.846 bits per heavy atom. The van der Waals surface area contributed by atoms with Gasteiger partial charge < -0.3 is 10.1 Å². The van der Waals surface area contributed by atoms with E-state index in [0.29, 0.717) is 0 Å². The molecule has 26 heavy (non-hydrogen) atoms. The van der Waals surface area contributed by atoms with Crippen LogP contribution in [0.15, 0.2) is 79.1 Å². The first-order valence-electron chi connectivity index (χ1n) is 9.08. The van der Waals surface area contributed by atoms with Crippen molar-refractivity contribution in [1.29, 1.82) is 0 Å². The lowest BCUT2D eigenvalue weighted by molar-refractivity contribution is 0.198. The fourth-order valence-electron chi connectivity index (χ4n) is 3.46. The summed E-state index contributed by atoms with van der Waals surface area (Å²) in [6.07, 6.45) is 3.80. The van der Waals surface area contributed by atoms with Gasteiger partial charge in [-0.2, -0.15) is 0 Å². The molecule has 1 fully saturated rings. The van der Waals surface area contributed by atoms with E-state index in [0.717, 1.165) is 37.7 Å². The summed E-state index contributed by atoms with van der Waals surface area (Å²) >= 11 is 0. The first-order chi connectivity index (χ1) is 12.9. The molecule has 1 saturated heterocycles. The van der Waals surface area contributed by atoms with Gasteiger partial charge in [-0.25, -0.2) is 0 Å². The number of pyridine rings is 1. The molecule has 132 valence electrons. The average Bonchev–Trinajstić information content (AvgIpc) is 2.71. The first kappa shape index (κ1) is 16.8. The summed E-state index contributed by atoms with van der Waals surface area (Å²) in [6, 6.07) is 22.7. The zero-order valence-corrected chi connectivity index (χ0v) is 14.7. The van der Waals surface area contributed by atoms with E-state index >= 15 is 0 Å². The molecule has 3 aromatic rings. The van der Waals surface area contributed by atoms with Gasteiger partial charge in [-0.3, -0.25) is 9.88 Å². The summed E-state index contributed by atoms with van der Waals surface area (Å²) in [5.41, 5.74) is 2.44. The Kier molecular flexibility index (Phi) is 5.24. The number of nitrogens with one attached hydrogen (secondary N) is 1. The van der Waals surface area contributed by atoms with Crippen LogP contribution in [0.3, 0.4) is 0 Å². The van der Waals surface area contributed by atoms with Crippen LogP contribution in [0.4, 0.5) is 0 Å². The summed E-state index contributed by atoms with van der Waals surface area (Å²) in [4.78, 5) is 6.85. The number of hydrogen-bond acceptors (Lipinski definition) is 4. The Bertz CT molecular complexity index is 817. The molecular weight excluding hydrogens is 322 g/mol. The summed E-state index contributed by atoms with van der Waals surface area (Å²) in [6.45, 7) is 4.06. The van der Waals surface area contributed by atoms with Crippen LogP contribution >= 0.6 is 0 Å². The van der Waals surface area contributed by atoms with Crippen LogP contribution in [0.25, 0.3) is 0 Å². The number of ether oxygens (including phenoxy) is 1. The lowest BCUT2D eigenvalue weighted by atomic mass is 9.97. The number of piperazine rings is 1. The molecule has 0 radical (unpaired) electrons. The van der Waals surface area contributed by atoms with E-state index in [1.54, 1.807) is 0 Å². The fraction of sp³-hybridized carbons (Fsp3) is 0.227. The molecule has 2 heterocycles. The van der Waals surface area contributed by atoms with Crippen LogP contribution in [-0.4, -0.2) is 36.1 Å². The fourth-order valence-corrected chi connectivity index (χ4v) is 3.46. The Morgan fingerprint density at radius 2 is 1.62 bits per heavy atom. The molecule has 0 amide bonds. The van der Waals surface area contributed by atoms with Gasteiger partial charge in [0.25, 0.3) is 0 Å². The van der Waals surface area contributed by atoms with Crippen LogP contribution in [0.5, 0.6) is 11.5 Å². The van der Waals surface area contributed by atoms with Crippen molar-refractivity contribution < 1.29 is 4.74 Å². The molecule has 4 nitrogen and oxygen atoms in total. The topological polar surface area (TPSA) is 37.4 Å². The zero-order valence-electron chi connectivity index (χ0n) is 14.7. The van der Waals surface area contributed by atoms with Crippen LogP contribution in [-0.2, 0) is 0 Å². The summed E-state index contributed by atoms with van der Waals surface area (Å²) < 4.78 is 6.05. The second-order valence-electron chi connectivity index (χ2n) is 6.46. The lowest BCUT2D eigenvalue weighted by Gasteiger charge is -2.35. The molecule has 0 spiro atoms. The summed E-state index contributed by atoms with van der Waals surface area (Å²) in [7, 11) is 0. The van der Waals surface area contributed by atoms with Crippen molar-refractivity contribution >= 4 is 0 Å². The predicted octanol–water partition coefficient (Wildman–Crippen LogP) is 3.87. The molecule has 4 rings (SSSR count). The van der Waals surface area contributed by atoms with Crippen molar-refractivity contribution in [3.8, 4) is 11.5 Å². The van der Waals surface area contributed by atoms with Crippen molar-refractivity contribution in [2.24, 2.45) is 0 Å². The number of para-hydroxylation sites is 1. The van der Waals surface area contributed by atoms with Crippen LogP contribution < -0.4 is 10.1 Å². The molecule has 0 aliphatic carbocycles. The molecule has 0 bridgehead atoms. The minimum atomic E-state index is 0.185. The monoisotopic (exact) mass is 345 g/mol. The Labute approximate surface area is 154 Å². The van der Waals surface area contributed by atoms with E-state index in [9.17, 15) is 0 Å². The molecule has 1 N–H and O–H groups in total. The molecule has 1 atom stereocenters. The molecule has 1 aliphatic rings. The van der Waals surface area contributed by atoms with Crippen LogP contribution in [0.1, 0.15) is 17.2 Å². The second kappa shape index (κ2) is 8.13. The van der Waals surface area contributed by atoms with Crippen molar-refractivity contribution in [2.75, 3.05) is 26.2 Å². The molecule has 0 saturated carbocycles. The molecule has 1 aromatic heterocycles. The standard InChI is InChI=1S/C22H23N3O/c1-2-8-20(9-3-1)26-21-10-4-6-18(16-21)22(19-7-5-11-24-17-19)25-14-12-23-13-15-25/h1-11,16-17,22-23H,12-15H2. The second-order valence-corrected chi connectivity index (χ2v) is 6.46. The maximum absolute atomic E-state index is 6.05. The van der Waals surface area contributed by atoms with E-state index in [1.165, 1.54) is 11.1 Å². The van der Waals surface area contributed by atoms with E-state index in [-0.39, 0.29) is 6.04 Å². The molecular formula is C22H23N3O. The number of aromatic nitrogens is 1. The largest absolute Gasteiger partial charge is 0.457 e. The highest BCUT2D eigenvalue weighted by atomic mass is 16.5. The van der Waals surface area contributed by atoms with Gasteiger partial charge in [-0.1, -0.05) is 36.4 Å². The van der Waals surface area contributed by atoms with E-state index in [1.807, 2.05) is 54.9 Å². The van der Waals surface area contributed by atoms with E-state index in [2.05, 4.69) is 39.5 Å². The highest BCUT2D eigenvalue weighted by molar-refractivity contribution is 5.38. The number of benzene rings is 2. The van der Waals surface area contributed by atoms with Gasteiger partial charge in [0.2, 0.25) is 0 Å². The van der Waals surface area contributed by atoms with Crippen molar-refractivity contribution in [2.45, 2.75) is 6.04 Å². The normalized spacial score (nSPS) is 16.2. The van der Waals surface area contributed by atoms with Gasteiger partial charge in [0.15, 0.2) is 0 Å². The third-order valence-electron chi connectivity index (χ3n) is 4.67. The van der Waals surface area contributed by atoms with Crippen molar-refractivity contribution in [3.05, 3.63) is 90.3 Å². The van der Waals surface area contributed by atoms with Gasteiger partial charge in [-0.05, 0) is 41.5 Å². The molecule has 1 aliphatic heterocycles. The Hall–Kier alpha value is -2.69. The predicted molar refractivity (Wildman–Crippen MR) is 103 cm³/mol.